The van der Waals surface area contributed by atoms with Crippen LogP contribution >= 0.6 is 34.7 Å². The molecule has 6 heteroatoms. The Morgan fingerprint density at radius 2 is 1.83 bits per heavy atom. The molecule has 0 atom stereocenters. The van der Waals surface area contributed by atoms with Crippen molar-refractivity contribution in [2.24, 2.45) is 0 Å². The zero-order chi connectivity index (χ0) is 20.9. The predicted molar refractivity (Wildman–Crippen MR) is 129 cm³/mol. The molecule has 4 aromatic rings. The summed E-state index contributed by atoms with van der Waals surface area (Å²) in [5.41, 5.74) is 3.21. The lowest BCUT2D eigenvalue weighted by Crippen LogP contribution is -2.30. The summed E-state index contributed by atoms with van der Waals surface area (Å²) in [4.78, 5) is 20.9. The fourth-order valence-corrected chi connectivity index (χ4v) is 5.13. The summed E-state index contributed by atoms with van der Waals surface area (Å²) in [6.45, 7) is 2.59. The number of anilines is 1. The number of nitrogens with zero attached hydrogens (tertiary/aromatic N) is 2. The maximum Gasteiger partial charge on any atom is 0.229 e. The molecule has 3 aromatic carbocycles. The molecule has 0 saturated carbocycles. The highest BCUT2D eigenvalue weighted by molar-refractivity contribution is 7.99. The van der Waals surface area contributed by atoms with E-state index in [-0.39, 0.29) is 5.91 Å². The van der Waals surface area contributed by atoms with Crippen molar-refractivity contribution in [1.29, 1.82) is 0 Å². The molecule has 0 radical (unpaired) electrons. The van der Waals surface area contributed by atoms with E-state index in [4.69, 9.17) is 16.6 Å². The number of amides is 1. The minimum Gasteiger partial charge on any atom is -0.284 e. The first-order valence-corrected chi connectivity index (χ1v) is 11.9. The van der Waals surface area contributed by atoms with Crippen molar-refractivity contribution < 1.29 is 4.79 Å². The number of fused-ring (bicyclic) bond motifs is 1. The van der Waals surface area contributed by atoms with Gasteiger partial charge in [-0.15, -0.1) is 11.8 Å². The number of thiazole rings is 1. The zero-order valence-electron chi connectivity index (χ0n) is 16.5. The summed E-state index contributed by atoms with van der Waals surface area (Å²) < 4.78 is 1.10. The molecule has 0 aliphatic carbocycles. The molecular formula is C24H21ClN2OS2. The van der Waals surface area contributed by atoms with E-state index in [0.29, 0.717) is 18.7 Å². The number of thioether (sulfide) groups is 1. The maximum absolute atomic E-state index is 13.2. The number of rotatable bonds is 7. The first-order chi connectivity index (χ1) is 14.6. The molecule has 0 saturated heterocycles. The van der Waals surface area contributed by atoms with Gasteiger partial charge in [0.2, 0.25) is 5.91 Å². The van der Waals surface area contributed by atoms with Gasteiger partial charge in [0, 0.05) is 22.1 Å². The Labute approximate surface area is 189 Å². The van der Waals surface area contributed by atoms with Crippen LogP contribution in [0.1, 0.15) is 17.5 Å². The highest BCUT2D eigenvalue weighted by Crippen LogP contribution is 2.31. The lowest BCUT2D eigenvalue weighted by Gasteiger charge is -2.20. The fraction of sp³-hybridized carbons (Fsp3) is 0.167. The molecule has 0 fully saturated rings. The third-order valence-electron chi connectivity index (χ3n) is 4.65. The van der Waals surface area contributed by atoms with Crippen molar-refractivity contribution in [3.8, 4) is 0 Å². The highest BCUT2D eigenvalue weighted by Gasteiger charge is 2.20. The van der Waals surface area contributed by atoms with E-state index < -0.39 is 0 Å². The molecule has 4 rings (SSSR count). The second-order valence-corrected chi connectivity index (χ2v) is 9.60. The Bertz CT molecular complexity index is 1140. The van der Waals surface area contributed by atoms with Gasteiger partial charge in [-0.25, -0.2) is 4.98 Å². The minimum atomic E-state index is 0.0797. The zero-order valence-corrected chi connectivity index (χ0v) is 18.9. The van der Waals surface area contributed by atoms with Crippen LogP contribution in [0.5, 0.6) is 0 Å². The molecule has 1 amide bonds. The highest BCUT2D eigenvalue weighted by atomic mass is 35.5. The van der Waals surface area contributed by atoms with Crippen LogP contribution in [0.4, 0.5) is 5.13 Å². The van der Waals surface area contributed by atoms with Crippen LogP contribution < -0.4 is 4.90 Å². The molecule has 0 N–H and O–H groups in total. The van der Waals surface area contributed by atoms with Crippen molar-refractivity contribution in [3.05, 3.63) is 88.9 Å². The number of aromatic nitrogens is 1. The molecule has 0 bridgehead atoms. The second kappa shape index (κ2) is 9.65. The van der Waals surface area contributed by atoms with Crippen LogP contribution in [-0.2, 0) is 11.3 Å². The van der Waals surface area contributed by atoms with Gasteiger partial charge in [0.25, 0.3) is 0 Å². The third-order valence-corrected chi connectivity index (χ3v) is 6.95. The van der Waals surface area contributed by atoms with Gasteiger partial charge in [-0.3, -0.25) is 9.69 Å². The fourth-order valence-electron chi connectivity index (χ4n) is 3.09. The average molecular weight is 453 g/mol. The van der Waals surface area contributed by atoms with Gasteiger partial charge in [-0.05, 0) is 54.4 Å². The van der Waals surface area contributed by atoms with E-state index >= 15 is 0 Å². The average Bonchev–Trinajstić information content (AvgIpc) is 3.17. The summed E-state index contributed by atoms with van der Waals surface area (Å²) in [6, 6.07) is 24.0. The first-order valence-electron chi connectivity index (χ1n) is 9.68. The monoisotopic (exact) mass is 452 g/mol. The Hall–Kier alpha value is -2.34. The van der Waals surface area contributed by atoms with Crippen LogP contribution in [0.2, 0.25) is 5.02 Å². The topological polar surface area (TPSA) is 33.2 Å². The Balaban J connectivity index is 1.52. The normalized spacial score (nSPS) is 11.0. The summed E-state index contributed by atoms with van der Waals surface area (Å²) >= 11 is 9.18. The SMILES string of the molecule is Cc1ccc2nc(N(Cc3ccccc3)C(=O)CCSc3ccc(Cl)cc3)sc2c1. The van der Waals surface area contributed by atoms with Crippen LogP contribution in [0.15, 0.2) is 77.7 Å². The van der Waals surface area contributed by atoms with Crippen LogP contribution in [-0.4, -0.2) is 16.6 Å². The largest absolute Gasteiger partial charge is 0.284 e. The van der Waals surface area contributed by atoms with E-state index in [2.05, 4.69) is 19.1 Å². The predicted octanol–water partition coefficient (Wildman–Crippen LogP) is 6.97. The molecule has 1 aromatic heterocycles. The standard InChI is InChI=1S/C24H21ClN2OS2/c1-17-7-12-21-22(15-17)30-24(26-21)27(16-18-5-3-2-4-6-18)23(28)13-14-29-20-10-8-19(25)9-11-20/h2-12,15H,13-14,16H2,1H3. The van der Waals surface area contributed by atoms with Crippen molar-refractivity contribution in [3.63, 3.8) is 0 Å². The van der Waals surface area contributed by atoms with Crippen molar-refractivity contribution >= 4 is 56.0 Å². The van der Waals surface area contributed by atoms with Crippen molar-refractivity contribution in [2.75, 3.05) is 10.7 Å². The Kier molecular flexibility index (Phi) is 6.72. The van der Waals surface area contributed by atoms with Crippen molar-refractivity contribution in [2.45, 2.75) is 24.8 Å². The Morgan fingerprint density at radius 1 is 1.07 bits per heavy atom. The number of halogens is 1. The van der Waals surface area contributed by atoms with Gasteiger partial charge >= 0.3 is 0 Å². The summed E-state index contributed by atoms with van der Waals surface area (Å²) in [7, 11) is 0. The summed E-state index contributed by atoms with van der Waals surface area (Å²) in [5.74, 6) is 0.784. The summed E-state index contributed by atoms with van der Waals surface area (Å²) in [6.07, 6.45) is 0.440. The molecule has 0 spiro atoms. The molecule has 3 nitrogen and oxygen atoms in total. The van der Waals surface area contributed by atoms with Gasteiger partial charge in [-0.1, -0.05) is 59.3 Å². The third kappa shape index (κ3) is 5.22. The molecule has 152 valence electrons. The smallest absolute Gasteiger partial charge is 0.229 e. The van der Waals surface area contributed by atoms with Gasteiger partial charge in [-0.2, -0.15) is 0 Å². The molecule has 1 heterocycles. The van der Waals surface area contributed by atoms with Crippen molar-refractivity contribution in [1.82, 2.24) is 4.98 Å². The van der Waals surface area contributed by atoms with Gasteiger partial charge < -0.3 is 0 Å². The quantitative estimate of drug-likeness (QED) is 0.284. The Morgan fingerprint density at radius 3 is 2.60 bits per heavy atom. The number of hydrogen-bond acceptors (Lipinski definition) is 4. The van der Waals surface area contributed by atoms with E-state index in [1.54, 1.807) is 23.1 Å². The van der Waals surface area contributed by atoms with E-state index in [9.17, 15) is 4.79 Å². The number of hydrogen-bond donors (Lipinski definition) is 0. The lowest BCUT2D eigenvalue weighted by molar-refractivity contribution is -0.118. The minimum absolute atomic E-state index is 0.0797. The van der Waals surface area contributed by atoms with E-state index in [0.717, 1.165) is 30.8 Å². The molecule has 30 heavy (non-hydrogen) atoms. The number of benzene rings is 3. The van der Waals surface area contributed by atoms with Crippen LogP contribution in [0, 0.1) is 6.92 Å². The number of aryl methyl sites for hydroxylation is 1. The number of carbonyl (C=O) groups excluding carboxylic acids is 1. The maximum atomic E-state index is 13.2. The van der Waals surface area contributed by atoms with Gasteiger partial charge in [0.15, 0.2) is 5.13 Å². The molecule has 0 aliphatic heterocycles. The lowest BCUT2D eigenvalue weighted by atomic mass is 10.2. The second-order valence-electron chi connectivity index (χ2n) is 6.99. The molecular weight excluding hydrogens is 432 g/mol. The number of carbonyl (C=O) groups is 1. The van der Waals surface area contributed by atoms with Crippen LogP contribution in [0.25, 0.3) is 10.2 Å². The van der Waals surface area contributed by atoms with E-state index in [1.165, 1.54) is 5.56 Å². The van der Waals surface area contributed by atoms with Crippen LogP contribution in [0.3, 0.4) is 0 Å². The molecule has 0 unspecified atom stereocenters. The van der Waals surface area contributed by atoms with Gasteiger partial charge in [0.1, 0.15) is 0 Å². The van der Waals surface area contributed by atoms with E-state index in [1.807, 2.05) is 65.6 Å². The molecule has 0 aliphatic rings. The first kappa shape index (κ1) is 20.9. The van der Waals surface area contributed by atoms with Gasteiger partial charge in [0.05, 0.1) is 16.8 Å². The summed E-state index contributed by atoms with van der Waals surface area (Å²) in [5, 5.41) is 1.47.